The van der Waals surface area contributed by atoms with Gasteiger partial charge in [0.1, 0.15) is 35.2 Å². The molecule has 2 unspecified atom stereocenters. The van der Waals surface area contributed by atoms with E-state index in [0.717, 1.165) is 4.90 Å². The van der Waals surface area contributed by atoms with E-state index in [0.29, 0.717) is 96.6 Å². The maximum Gasteiger partial charge on any atom is 0.355 e. The fourth-order valence-electron chi connectivity index (χ4n) is 9.89. The van der Waals surface area contributed by atoms with E-state index in [-0.39, 0.29) is 53.3 Å². The lowest BCUT2D eigenvalue weighted by Gasteiger charge is -2.40. The number of halogens is 3. The largest absolute Gasteiger partial charge is 0.484 e. The lowest BCUT2D eigenvalue weighted by atomic mass is 10.0. The predicted octanol–water partition coefficient (Wildman–Crippen LogP) is 5.30. The molecule has 7 heterocycles. The van der Waals surface area contributed by atoms with Crippen LogP contribution >= 0.6 is 0 Å². The van der Waals surface area contributed by atoms with Crippen LogP contribution in [-0.4, -0.2) is 128 Å². The van der Waals surface area contributed by atoms with Gasteiger partial charge >= 0.3 is 11.8 Å². The molecule has 374 valence electrons. The first kappa shape index (κ1) is 47.6. The summed E-state index contributed by atoms with van der Waals surface area (Å²) in [5.74, 6) is -6.44. The highest BCUT2D eigenvalue weighted by Gasteiger charge is 2.46. The molecule has 4 aliphatic rings. The average molecular weight is 1010 g/mol. The number of alkyl halides is 2. The first-order valence-corrected chi connectivity index (χ1v) is 24.7. The number of hydrogen-bond acceptors (Lipinski definition) is 13. The number of ether oxygens (including phenoxy) is 1. The van der Waals surface area contributed by atoms with Crippen LogP contribution in [0.5, 0.6) is 5.75 Å². The van der Waals surface area contributed by atoms with Crippen molar-refractivity contribution in [3.63, 3.8) is 0 Å². The number of likely N-dealkylation sites (tertiary alicyclic amines) is 1. The maximum absolute atomic E-state index is 13.8. The van der Waals surface area contributed by atoms with E-state index in [4.69, 9.17) is 20.7 Å². The number of carbonyl (C=O) groups is 5. The van der Waals surface area contributed by atoms with Gasteiger partial charge in [-0.15, -0.1) is 0 Å². The number of urea groups is 1. The summed E-state index contributed by atoms with van der Waals surface area (Å²) >= 11 is 0. The van der Waals surface area contributed by atoms with Gasteiger partial charge in [-0.05, 0) is 68.1 Å². The number of rotatable bonds is 11. The van der Waals surface area contributed by atoms with Gasteiger partial charge in [-0.25, -0.2) is 22.6 Å². The van der Waals surface area contributed by atoms with E-state index >= 15 is 0 Å². The van der Waals surface area contributed by atoms with Crippen molar-refractivity contribution in [2.75, 3.05) is 54.6 Å². The Morgan fingerprint density at radius 3 is 2.32 bits per heavy atom. The number of aryl methyl sites for hydroxylation is 1. The van der Waals surface area contributed by atoms with Crippen LogP contribution < -0.4 is 25.4 Å². The zero-order valence-electron chi connectivity index (χ0n) is 38.8. The third-order valence-electron chi connectivity index (χ3n) is 13.6. The number of amides is 6. The van der Waals surface area contributed by atoms with Gasteiger partial charge in [0.25, 0.3) is 21.8 Å². The number of nitrogen functional groups attached to an aromatic ring is 1. The summed E-state index contributed by atoms with van der Waals surface area (Å²) in [6.07, 6.45) is 5.79. The highest BCUT2D eigenvalue weighted by Crippen LogP contribution is 2.41. The Labute approximate surface area is 409 Å². The third kappa shape index (κ3) is 8.68. The SMILES string of the molecule is CC(Oc1cc(-c2nn(C)c3c(-c4cnn(C5CCN(C(=O)N6CCN(c7cccc8c7C(=O)N(C7CCC(=O)NC7=O)C8=O)CC6)CC5)c4)cnc(N)c23)ccc1NS(=O)(=O)C(F)F)c1ccc(F)cc1. The van der Waals surface area contributed by atoms with Crippen molar-refractivity contribution in [2.24, 2.45) is 7.05 Å². The number of anilines is 3. The van der Waals surface area contributed by atoms with Gasteiger partial charge in [0.05, 0.1) is 45.6 Å². The third-order valence-corrected chi connectivity index (χ3v) is 14.6. The number of fused-ring (bicyclic) bond motifs is 2. The molecule has 3 aromatic heterocycles. The number of nitrogens with zero attached hydrogens (tertiary/aromatic N) is 9. The Morgan fingerprint density at radius 1 is 0.889 bits per heavy atom. The Morgan fingerprint density at radius 2 is 1.61 bits per heavy atom. The maximum atomic E-state index is 13.8. The molecule has 0 saturated carbocycles. The molecule has 20 nitrogen and oxygen atoms in total. The Balaban J connectivity index is 0.810. The molecule has 4 aliphatic heterocycles. The normalized spacial score (nSPS) is 18.3. The number of piperidine rings is 2. The monoisotopic (exact) mass is 1010 g/mol. The highest BCUT2D eigenvalue weighted by atomic mass is 32.2. The summed E-state index contributed by atoms with van der Waals surface area (Å²) < 4.78 is 76.8. The van der Waals surface area contributed by atoms with Crippen LogP contribution in [0.1, 0.15) is 71.0 Å². The fraction of sp³-hybridized carbons (Fsp3) is 0.333. The number of sulfonamides is 1. The highest BCUT2D eigenvalue weighted by molar-refractivity contribution is 7.93. The molecule has 6 aromatic rings. The topological polar surface area (TPSA) is 240 Å². The van der Waals surface area contributed by atoms with Crippen LogP contribution in [-0.2, 0) is 26.7 Å². The van der Waals surface area contributed by atoms with E-state index in [9.17, 15) is 45.6 Å². The van der Waals surface area contributed by atoms with Gasteiger partial charge in [-0.2, -0.15) is 19.0 Å². The number of hydrogen-bond donors (Lipinski definition) is 3. The standard InChI is InChI=1S/C48H47F3N12O8S/c1-26(27-6-9-30(49)10-7-27)71-37-22-28(8-11-34(37)57-72(69,70)47(50)51)41-40-42(58(2)56-41)33(24-53-43(40)52)29-23-54-62(25-29)31-14-16-60(17-15-31)48(68)61-20-18-59(19-21-61)35-5-3-4-32-39(35)46(67)63(45(32)66)36-12-13-38(64)55-44(36)65/h3-11,22-26,31,36,47,57H,12-21H2,1-2H3,(H2,52,53)(H,55,64,65). The summed E-state index contributed by atoms with van der Waals surface area (Å²) in [6, 6.07) is 13.5. The molecule has 2 atom stereocenters. The van der Waals surface area contributed by atoms with Crippen molar-refractivity contribution >= 4 is 67.8 Å². The summed E-state index contributed by atoms with van der Waals surface area (Å²) in [5.41, 5.74) is 10.5. The van der Waals surface area contributed by atoms with Crippen LogP contribution in [0.15, 0.2) is 79.3 Å². The number of imide groups is 2. The lowest BCUT2D eigenvalue weighted by molar-refractivity contribution is -0.136. The zero-order chi connectivity index (χ0) is 50.7. The van der Waals surface area contributed by atoms with Crippen LogP contribution in [0.25, 0.3) is 33.3 Å². The van der Waals surface area contributed by atoms with Crippen molar-refractivity contribution in [3.05, 3.63) is 102 Å². The minimum Gasteiger partial charge on any atom is -0.484 e. The van der Waals surface area contributed by atoms with Gasteiger partial charge in [0.2, 0.25) is 11.8 Å². The van der Waals surface area contributed by atoms with Gasteiger partial charge < -0.3 is 25.2 Å². The van der Waals surface area contributed by atoms with Gasteiger partial charge in [-0.1, -0.05) is 24.3 Å². The molecule has 0 radical (unpaired) electrons. The smallest absolute Gasteiger partial charge is 0.355 e. The first-order valence-electron chi connectivity index (χ1n) is 23.1. The Kier molecular flexibility index (Phi) is 12.3. The average Bonchev–Trinajstić information content (AvgIpc) is 4.07. The van der Waals surface area contributed by atoms with Crippen LogP contribution in [0, 0.1) is 5.82 Å². The number of piperazine rings is 1. The zero-order valence-corrected chi connectivity index (χ0v) is 39.6. The second-order valence-electron chi connectivity index (χ2n) is 18.0. The molecule has 24 heteroatoms. The summed E-state index contributed by atoms with van der Waals surface area (Å²) in [6.45, 7) is 4.18. The fourth-order valence-corrected chi connectivity index (χ4v) is 10.5. The molecule has 0 aliphatic carbocycles. The van der Waals surface area contributed by atoms with Crippen LogP contribution in [0.3, 0.4) is 0 Å². The number of aromatic nitrogens is 5. The quantitative estimate of drug-likeness (QED) is 0.140. The summed E-state index contributed by atoms with van der Waals surface area (Å²) in [4.78, 5) is 76.4. The molecule has 10 rings (SSSR count). The molecule has 3 aromatic carbocycles. The number of carbonyl (C=O) groups excluding carboxylic acids is 5. The number of nitrogens with one attached hydrogen (secondary N) is 2. The molecule has 3 fully saturated rings. The first-order chi connectivity index (χ1) is 34.5. The van der Waals surface area contributed by atoms with Gasteiger partial charge in [0.15, 0.2) is 0 Å². The molecule has 6 amide bonds. The molecule has 0 spiro atoms. The van der Waals surface area contributed by atoms with Crippen molar-refractivity contribution in [2.45, 2.75) is 56.6 Å². The summed E-state index contributed by atoms with van der Waals surface area (Å²) in [5, 5.41) is 12.2. The minimum absolute atomic E-state index is 0.0219. The molecular weight excluding hydrogens is 962 g/mol. The Hall–Kier alpha value is -8.02. The van der Waals surface area contributed by atoms with Crippen LogP contribution in [0.4, 0.5) is 35.2 Å². The molecule has 3 saturated heterocycles. The Bertz CT molecular complexity index is 3300. The van der Waals surface area contributed by atoms with Gasteiger partial charge in [0, 0.05) is 81.8 Å². The van der Waals surface area contributed by atoms with Crippen molar-refractivity contribution in [3.8, 4) is 28.1 Å². The molecule has 4 N–H and O–H groups in total. The van der Waals surface area contributed by atoms with Crippen molar-refractivity contribution < 1.29 is 50.3 Å². The minimum atomic E-state index is -5.09. The number of nitrogens with two attached hydrogens (primary N) is 1. The molecule has 72 heavy (non-hydrogen) atoms. The van der Waals surface area contributed by atoms with E-state index in [1.165, 1.54) is 42.5 Å². The number of pyridine rings is 1. The predicted molar refractivity (Wildman–Crippen MR) is 256 cm³/mol. The van der Waals surface area contributed by atoms with Crippen molar-refractivity contribution in [1.29, 1.82) is 0 Å². The summed E-state index contributed by atoms with van der Waals surface area (Å²) in [7, 11) is -3.37. The van der Waals surface area contributed by atoms with E-state index < -0.39 is 57.4 Å². The van der Waals surface area contributed by atoms with Crippen molar-refractivity contribution in [1.82, 2.24) is 44.6 Å². The number of benzene rings is 3. The van der Waals surface area contributed by atoms with E-state index in [1.807, 2.05) is 25.4 Å². The molecular formula is C48H47F3N12O8S. The second kappa shape index (κ2) is 18.6. The molecule has 0 bridgehead atoms. The van der Waals surface area contributed by atoms with Gasteiger partial charge in [-0.3, -0.25) is 43.5 Å². The van der Waals surface area contributed by atoms with Crippen LogP contribution in [0.2, 0.25) is 0 Å². The van der Waals surface area contributed by atoms with E-state index in [2.05, 4.69) is 10.3 Å². The lowest BCUT2D eigenvalue weighted by Crippen LogP contribution is -2.55. The van der Waals surface area contributed by atoms with E-state index in [1.54, 1.807) is 54.1 Å². The second-order valence-corrected chi connectivity index (χ2v) is 19.7.